The smallest absolute Gasteiger partial charge is 0.136 e. The number of hydrogen-bond acceptors (Lipinski definition) is 2. The Bertz CT molecular complexity index is 8460. The maximum Gasteiger partial charge on any atom is 0.136 e. The number of nitrogens with zero attached hydrogens (tertiary/aromatic N) is 1. The number of fused-ring (bicyclic) bond motifs is 34. The predicted molar refractivity (Wildman–Crippen MR) is 500 cm³/mol. The molecule has 5 heterocycles. The van der Waals surface area contributed by atoms with E-state index in [1.54, 1.807) is 0 Å². The number of para-hydroxylation sites is 3. The number of H-pyrrole nitrogens is 2. The first kappa shape index (κ1) is 66.5. The fourth-order valence-corrected chi connectivity index (χ4v) is 21.9. The molecule has 3 aliphatic carbocycles. The lowest BCUT2D eigenvalue weighted by atomic mass is 9.67. The number of aromatic amines is 2. The second-order valence-corrected chi connectivity index (χ2v) is 33.2. The third-order valence-electron chi connectivity index (χ3n) is 25.9. The SMILES string of the molecule is c1ccc(-n2c3ccccc3c3cc4[nH]c5c6ccccc6c6ccccc6c5c4cc32)cc1.c1ccc(C2(c3ccccc3)c3cc4c(cc3-c3c2ccc2ccccc32)-c2ccccc2C4)cc1.c1ccc2c(c1)Cc1cc3oc4cc5ccccc5cc4c3cc1-2.c1ccc2c(c1)ccc1c3cc4c(cc3sc21)[nH]c1ccccc14. The van der Waals surface area contributed by atoms with Gasteiger partial charge in [-0.1, -0.05) is 315 Å². The van der Waals surface area contributed by atoms with Crippen LogP contribution in [0.15, 0.2) is 399 Å². The maximum absolute atomic E-state index is 6.18. The van der Waals surface area contributed by atoms with Crippen molar-refractivity contribution in [3.8, 4) is 39.1 Å². The first-order valence-electron chi connectivity index (χ1n) is 40.9. The van der Waals surface area contributed by atoms with Crippen LogP contribution in [-0.4, -0.2) is 14.5 Å². The fourth-order valence-electron chi connectivity index (χ4n) is 20.7. The van der Waals surface area contributed by atoms with Gasteiger partial charge in [-0.25, -0.2) is 0 Å². The molecule has 5 aromatic heterocycles. The van der Waals surface area contributed by atoms with Gasteiger partial charge in [0.05, 0.1) is 22.0 Å². The lowest BCUT2D eigenvalue weighted by Crippen LogP contribution is -2.28. The van der Waals surface area contributed by atoms with Gasteiger partial charge in [-0.2, -0.15) is 0 Å². The van der Waals surface area contributed by atoms with Gasteiger partial charge in [-0.3, -0.25) is 0 Å². The summed E-state index contributed by atoms with van der Waals surface area (Å²) in [6.45, 7) is 0. The van der Waals surface area contributed by atoms with Crippen LogP contribution < -0.4 is 0 Å². The summed E-state index contributed by atoms with van der Waals surface area (Å²) in [5.41, 5.74) is 29.4. The van der Waals surface area contributed by atoms with Crippen LogP contribution in [0.25, 0.3) is 200 Å². The maximum atomic E-state index is 6.18. The number of nitrogens with one attached hydrogen (secondary N) is 2. The second-order valence-electron chi connectivity index (χ2n) is 32.1. The van der Waals surface area contributed by atoms with Crippen molar-refractivity contribution in [1.82, 2.24) is 14.5 Å². The molecule has 25 aromatic rings. The van der Waals surface area contributed by atoms with Crippen LogP contribution in [0.4, 0.5) is 0 Å². The van der Waals surface area contributed by atoms with E-state index in [0.29, 0.717) is 0 Å². The van der Waals surface area contributed by atoms with Gasteiger partial charge in [0, 0.05) is 90.9 Å². The standard InChI is InChI=1S/C36H24.C32H20N2.C23H14O.C22H13NS/c1-3-13-27(14-4-1)36(28-15-5-2-6-16-28)33-20-19-24-11-7-10-18-30(24)35(33)32-23-31-26(22-34(32)36)21-25-12-8-9-17-29(25)31;1-2-10-20(11-3-1)34-29-17-9-8-14-23(29)26-18-28-27(19-30(26)34)31-24-15-6-4-12-21(24)22-13-5-7-16-25(22)32(31)33-28;1-2-6-15-11-22-20(10-14(15)5-1)21-13-19-17(12-23(21)24-22)9-16-7-3-4-8-18(16)19;1-2-6-14-13(5-1)9-10-16-18-11-17-15-7-3-4-8-19(15)23-20(17)12-21(18)24-22(14)16/h1-20,22-23H,21H2;1-19,33H;1-8,10-13H,9H2;1-12,23H. The van der Waals surface area contributed by atoms with E-state index in [1.807, 2.05) is 11.3 Å². The highest BCUT2D eigenvalue weighted by Gasteiger charge is 2.47. The molecule has 3 aliphatic rings. The zero-order valence-electron chi connectivity index (χ0n) is 64.2. The first-order chi connectivity index (χ1) is 58.5. The summed E-state index contributed by atoms with van der Waals surface area (Å²) in [4.78, 5) is 7.37. The Morgan fingerprint density at radius 1 is 0.271 bits per heavy atom. The van der Waals surface area contributed by atoms with Gasteiger partial charge < -0.3 is 19.0 Å². The number of rotatable bonds is 3. The van der Waals surface area contributed by atoms with Crippen molar-refractivity contribution in [1.29, 1.82) is 0 Å². The van der Waals surface area contributed by atoms with Crippen LogP contribution in [0.2, 0.25) is 0 Å². The van der Waals surface area contributed by atoms with Crippen molar-refractivity contribution in [2.45, 2.75) is 18.3 Å². The summed E-state index contributed by atoms with van der Waals surface area (Å²) in [5.74, 6) is 0. The van der Waals surface area contributed by atoms with Crippen molar-refractivity contribution in [3.63, 3.8) is 0 Å². The van der Waals surface area contributed by atoms with Crippen LogP contribution in [0, 0.1) is 0 Å². The van der Waals surface area contributed by atoms with Crippen molar-refractivity contribution in [2.24, 2.45) is 0 Å². The normalized spacial score (nSPS) is 12.9. The van der Waals surface area contributed by atoms with E-state index in [0.717, 1.165) is 24.0 Å². The fraction of sp³-hybridized carbons (Fsp3) is 0.0265. The van der Waals surface area contributed by atoms with E-state index in [9.17, 15) is 0 Å². The molecular weight excluding hydrogens is 1450 g/mol. The average Bonchev–Trinajstić information content (AvgIpc) is 1.52. The lowest BCUT2D eigenvalue weighted by molar-refractivity contribution is 0.669. The molecule has 4 nitrogen and oxygen atoms in total. The van der Waals surface area contributed by atoms with Gasteiger partial charge in [0.1, 0.15) is 11.2 Å². The van der Waals surface area contributed by atoms with Gasteiger partial charge in [-0.05, 0) is 218 Å². The zero-order chi connectivity index (χ0) is 77.3. The number of furan rings is 1. The zero-order valence-corrected chi connectivity index (χ0v) is 65.0. The minimum Gasteiger partial charge on any atom is -0.456 e. The van der Waals surface area contributed by atoms with E-state index in [1.165, 1.54) is 234 Å². The minimum atomic E-state index is -0.360. The molecule has 550 valence electrons. The third-order valence-corrected chi connectivity index (χ3v) is 27.1. The minimum absolute atomic E-state index is 0.360. The van der Waals surface area contributed by atoms with Crippen LogP contribution in [0.5, 0.6) is 0 Å². The molecule has 0 aliphatic heterocycles. The molecule has 0 saturated carbocycles. The van der Waals surface area contributed by atoms with Crippen molar-refractivity contribution >= 4 is 173 Å². The summed E-state index contributed by atoms with van der Waals surface area (Å²) < 4.78 is 11.3. The molecule has 0 fully saturated rings. The molecule has 0 radical (unpaired) electrons. The number of hydrogen-bond donors (Lipinski definition) is 2. The topological polar surface area (TPSA) is 49.6 Å². The van der Waals surface area contributed by atoms with Crippen LogP contribution >= 0.6 is 11.3 Å². The number of aromatic nitrogens is 3. The van der Waals surface area contributed by atoms with Gasteiger partial charge >= 0.3 is 0 Å². The molecule has 2 N–H and O–H groups in total. The first-order valence-corrected chi connectivity index (χ1v) is 41.7. The van der Waals surface area contributed by atoms with Crippen molar-refractivity contribution in [2.75, 3.05) is 0 Å². The molecular formula is C113H71N3OS. The summed E-state index contributed by atoms with van der Waals surface area (Å²) in [6, 6.07) is 144. The molecule has 5 heteroatoms. The predicted octanol–water partition coefficient (Wildman–Crippen LogP) is 30.7. The van der Waals surface area contributed by atoms with Crippen LogP contribution in [0.1, 0.15) is 44.5 Å². The Hall–Kier alpha value is -14.9. The van der Waals surface area contributed by atoms with E-state index in [-0.39, 0.29) is 5.41 Å². The Kier molecular flexibility index (Phi) is 14.7. The number of thiophene rings is 1. The lowest BCUT2D eigenvalue weighted by Gasteiger charge is -2.34. The highest BCUT2D eigenvalue weighted by Crippen LogP contribution is 2.60. The van der Waals surface area contributed by atoms with Gasteiger partial charge in [0.25, 0.3) is 0 Å². The molecule has 0 atom stereocenters. The Morgan fingerprint density at radius 2 is 0.814 bits per heavy atom. The van der Waals surface area contributed by atoms with E-state index < -0.39 is 0 Å². The molecule has 0 bridgehead atoms. The monoisotopic (exact) mass is 1520 g/mol. The Labute approximate surface area is 683 Å². The largest absolute Gasteiger partial charge is 0.456 e. The van der Waals surface area contributed by atoms with Crippen molar-refractivity contribution < 1.29 is 4.42 Å². The highest BCUT2D eigenvalue weighted by atomic mass is 32.1. The summed E-state index contributed by atoms with van der Waals surface area (Å²) in [5, 5.41) is 25.8. The van der Waals surface area contributed by atoms with Crippen molar-refractivity contribution in [3.05, 3.63) is 439 Å². The molecule has 0 spiro atoms. The molecule has 0 amide bonds. The summed E-state index contributed by atoms with van der Waals surface area (Å²) in [6.07, 6.45) is 2.00. The summed E-state index contributed by atoms with van der Waals surface area (Å²) in [7, 11) is 0. The molecule has 0 unspecified atom stereocenters. The van der Waals surface area contributed by atoms with E-state index >= 15 is 0 Å². The van der Waals surface area contributed by atoms with Gasteiger partial charge in [0.15, 0.2) is 0 Å². The quantitative estimate of drug-likeness (QED) is 0.170. The molecule has 118 heavy (non-hydrogen) atoms. The molecule has 0 saturated heterocycles. The van der Waals surface area contributed by atoms with E-state index in [2.05, 4.69) is 409 Å². The van der Waals surface area contributed by atoms with Crippen LogP contribution in [-0.2, 0) is 18.3 Å². The third kappa shape index (κ3) is 10.0. The average molecular weight is 1520 g/mol. The number of benzene rings is 20. The van der Waals surface area contributed by atoms with E-state index in [4.69, 9.17) is 4.42 Å². The van der Waals surface area contributed by atoms with Gasteiger partial charge in [0.2, 0.25) is 0 Å². The molecule has 28 rings (SSSR count). The Balaban J connectivity index is 0.0000000890. The summed E-state index contributed by atoms with van der Waals surface area (Å²) >= 11 is 1.90. The van der Waals surface area contributed by atoms with Gasteiger partial charge in [-0.15, -0.1) is 11.3 Å². The Morgan fingerprint density at radius 3 is 1.55 bits per heavy atom. The van der Waals surface area contributed by atoms with Crippen LogP contribution in [0.3, 0.4) is 0 Å². The second kappa shape index (κ2) is 26.1. The molecule has 20 aromatic carbocycles. The highest BCUT2D eigenvalue weighted by molar-refractivity contribution is 7.26.